The van der Waals surface area contributed by atoms with Crippen LogP contribution in [0.5, 0.6) is 0 Å². The van der Waals surface area contributed by atoms with Crippen molar-refractivity contribution in [1.29, 1.82) is 5.26 Å². The van der Waals surface area contributed by atoms with Crippen molar-refractivity contribution < 1.29 is 9.59 Å². The van der Waals surface area contributed by atoms with Gasteiger partial charge in [0.15, 0.2) is 5.78 Å². The van der Waals surface area contributed by atoms with Crippen LogP contribution in [0.2, 0.25) is 0 Å². The molecule has 2 N–H and O–H groups in total. The number of amides is 1. The maximum absolute atomic E-state index is 12.8. The molecule has 0 radical (unpaired) electrons. The Morgan fingerprint density at radius 2 is 1.94 bits per heavy atom. The molecule has 4 rings (SSSR count). The van der Waals surface area contributed by atoms with Gasteiger partial charge in [0.1, 0.15) is 0 Å². The number of hydrogen-bond donors (Lipinski definition) is 2. The SMILES string of the molecule is Cc1ccc(C2C(C#N)=C(SCC(=O)Nc3cccc(C)c3)NC3=C2C(=O)CCC3)cc1. The summed E-state index contributed by atoms with van der Waals surface area (Å²) >= 11 is 1.31. The molecule has 0 bridgehead atoms. The van der Waals surface area contributed by atoms with E-state index in [-0.39, 0.29) is 17.4 Å². The number of nitriles is 1. The van der Waals surface area contributed by atoms with Gasteiger partial charge >= 0.3 is 0 Å². The lowest BCUT2D eigenvalue weighted by Gasteiger charge is -2.33. The summed E-state index contributed by atoms with van der Waals surface area (Å²) in [5.74, 6) is -0.276. The number of nitrogens with one attached hydrogen (secondary N) is 2. The van der Waals surface area contributed by atoms with Crippen molar-refractivity contribution >= 4 is 29.1 Å². The predicted molar refractivity (Wildman–Crippen MR) is 128 cm³/mol. The molecule has 1 aliphatic carbocycles. The first-order valence-electron chi connectivity index (χ1n) is 10.7. The molecule has 1 atom stereocenters. The van der Waals surface area contributed by atoms with Crippen molar-refractivity contribution in [1.82, 2.24) is 5.32 Å². The lowest BCUT2D eigenvalue weighted by molar-refractivity contribution is -0.116. The van der Waals surface area contributed by atoms with Crippen molar-refractivity contribution in [3.05, 3.63) is 87.1 Å². The zero-order valence-electron chi connectivity index (χ0n) is 18.2. The van der Waals surface area contributed by atoms with Crippen molar-refractivity contribution in [3.63, 3.8) is 0 Å². The summed E-state index contributed by atoms with van der Waals surface area (Å²) in [7, 11) is 0. The molecule has 5 nitrogen and oxygen atoms in total. The standard InChI is InChI=1S/C26H25N3O2S/c1-16-9-11-18(12-10-16)24-20(14-27)26(29-21-7-4-8-22(30)25(21)24)32-15-23(31)28-19-6-3-5-17(2)13-19/h3,5-6,9-13,24,29H,4,7-8,15H2,1-2H3,(H,28,31). The van der Waals surface area contributed by atoms with Crippen LogP contribution in [-0.2, 0) is 9.59 Å². The van der Waals surface area contributed by atoms with Crippen LogP contribution in [0.1, 0.15) is 41.9 Å². The summed E-state index contributed by atoms with van der Waals surface area (Å²) < 4.78 is 0. The van der Waals surface area contributed by atoms with Crippen LogP contribution in [-0.4, -0.2) is 17.4 Å². The molecule has 2 aliphatic rings. The third kappa shape index (κ3) is 4.63. The van der Waals surface area contributed by atoms with Crippen LogP contribution in [0.25, 0.3) is 0 Å². The van der Waals surface area contributed by atoms with Gasteiger partial charge in [-0.3, -0.25) is 9.59 Å². The van der Waals surface area contributed by atoms with Crippen LogP contribution < -0.4 is 10.6 Å². The smallest absolute Gasteiger partial charge is 0.234 e. The van der Waals surface area contributed by atoms with Crippen molar-refractivity contribution in [2.45, 2.75) is 39.0 Å². The number of carbonyl (C=O) groups excluding carboxylic acids is 2. The maximum Gasteiger partial charge on any atom is 0.234 e. The van der Waals surface area contributed by atoms with Gasteiger partial charge in [0.25, 0.3) is 0 Å². The summed E-state index contributed by atoms with van der Waals surface area (Å²) in [5, 5.41) is 17.0. The van der Waals surface area contributed by atoms with Gasteiger partial charge in [0, 0.05) is 23.4 Å². The Labute approximate surface area is 192 Å². The number of ketones is 1. The topological polar surface area (TPSA) is 82.0 Å². The van der Waals surface area contributed by atoms with Crippen molar-refractivity contribution in [3.8, 4) is 6.07 Å². The van der Waals surface area contributed by atoms with Gasteiger partial charge in [-0.15, -0.1) is 0 Å². The molecule has 1 aliphatic heterocycles. The zero-order valence-corrected chi connectivity index (χ0v) is 19.0. The number of nitrogens with zero attached hydrogens (tertiary/aromatic N) is 1. The van der Waals surface area contributed by atoms with Crippen LogP contribution in [0, 0.1) is 25.2 Å². The number of carbonyl (C=O) groups is 2. The molecule has 0 spiro atoms. The highest BCUT2D eigenvalue weighted by Crippen LogP contribution is 2.44. The first-order valence-corrected chi connectivity index (χ1v) is 11.7. The number of allylic oxidation sites excluding steroid dienone is 3. The number of hydrogen-bond acceptors (Lipinski definition) is 5. The van der Waals surface area contributed by atoms with E-state index < -0.39 is 5.92 Å². The van der Waals surface area contributed by atoms with E-state index in [0.717, 1.165) is 40.9 Å². The molecule has 32 heavy (non-hydrogen) atoms. The van der Waals surface area contributed by atoms with E-state index in [1.807, 2.05) is 62.4 Å². The highest BCUT2D eigenvalue weighted by Gasteiger charge is 2.37. The second kappa shape index (κ2) is 9.46. The van der Waals surface area contributed by atoms with Gasteiger partial charge in [0.05, 0.1) is 28.3 Å². The van der Waals surface area contributed by atoms with E-state index in [9.17, 15) is 14.9 Å². The molecule has 0 aromatic heterocycles. The Balaban J connectivity index is 1.61. The highest BCUT2D eigenvalue weighted by molar-refractivity contribution is 8.03. The zero-order chi connectivity index (χ0) is 22.7. The number of Topliss-reactive ketones (excluding diaryl/α,β-unsaturated/α-hetero) is 1. The largest absolute Gasteiger partial charge is 0.352 e. The monoisotopic (exact) mass is 443 g/mol. The Bertz CT molecular complexity index is 1170. The fourth-order valence-corrected chi connectivity index (χ4v) is 5.05. The lowest BCUT2D eigenvalue weighted by atomic mass is 9.77. The third-order valence-electron chi connectivity index (χ3n) is 5.72. The molecular formula is C26H25N3O2S. The molecule has 162 valence electrons. The van der Waals surface area contributed by atoms with Gasteiger partial charge in [-0.25, -0.2) is 0 Å². The molecule has 1 amide bonds. The fraction of sp³-hybridized carbons (Fsp3) is 0.269. The minimum atomic E-state index is -0.396. The number of thioether (sulfide) groups is 1. The minimum absolute atomic E-state index is 0.0957. The average Bonchev–Trinajstić information content (AvgIpc) is 2.77. The summed E-state index contributed by atoms with van der Waals surface area (Å²) in [6, 6.07) is 18.0. The van der Waals surface area contributed by atoms with Crippen LogP contribution in [0.3, 0.4) is 0 Å². The Kier molecular flexibility index (Phi) is 6.48. The Hall–Kier alpha value is -3.30. The Morgan fingerprint density at radius 3 is 2.66 bits per heavy atom. The van der Waals surface area contributed by atoms with E-state index in [1.54, 1.807) is 0 Å². The predicted octanol–water partition coefficient (Wildman–Crippen LogP) is 5.10. The van der Waals surface area contributed by atoms with E-state index in [2.05, 4.69) is 16.7 Å². The summed E-state index contributed by atoms with van der Waals surface area (Å²) in [5.41, 5.74) is 5.95. The van der Waals surface area contributed by atoms with Gasteiger partial charge in [0.2, 0.25) is 5.91 Å². The Morgan fingerprint density at radius 1 is 1.16 bits per heavy atom. The summed E-state index contributed by atoms with van der Waals surface area (Å²) in [4.78, 5) is 25.4. The van der Waals surface area contributed by atoms with Crippen molar-refractivity contribution in [2.75, 3.05) is 11.1 Å². The highest BCUT2D eigenvalue weighted by atomic mass is 32.2. The molecule has 0 saturated heterocycles. The number of anilines is 1. The van der Waals surface area contributed by atoms with Crippen LogP contribution >= 0.6 is 11.8 Å². The van der Waals surface area contributed by atoms with Gasteiger partial charge < -0.3 is 10.6 Å². The molecule has 1 unspecified atom stereocenters. The third-order valence-corrected chi connectivity index (χ3v) is 6.74. The summed E-state index contributed by atoms with van der Waals surface area (Å²) in [6.07, 6.45) is 2.06. The van der Waals surface area contributed by atoms with Crippen molar-refractivity contribution in [2.24, 2.45) is 0 Å². The average molecular weight is 444 g/mol. The second-order valence-corrected chi connectivity index (χ2v) is 9.18. The molecule has 6 heteroatoms. The summed E-state index contributed by atoms with van der Waals surface area (Å²) in [6.45, 7) is 3.99. The van der Waals surface area contributed by atoms with Crippen LogP contribution in [0.15, 0.2) is 70.4 Å². The van der Waals surface area contributed by atoms with Gasteiger partial charge in [-0.1, -0.05) is 53.7 Å². The molecule has 0 fully saturated rings. The van der Waals surface area contributed by atoms with E-state index in [1.165, 1.54) is 11.8 Å². The molecular weight excluding hydrogens is 418 g/mol. The quantitative estimate of drug-likeness (QED) is 0.671. The maximum atomic E-state index is 12.8. The van der Waals surface area contributed by atoms with E-state index >= 15 is 0 Å². The number of aryl methyl sites for hydroxylation is 2. The first kappa shape index (κ1) is 21.9. The molecule has 1 heterocycles. The van der Waals surface area contributed by atoms with E-state index in [4.69, 9.17) is 0 Å². The first-order chi connectivity index (χ1) is 15.5. The molecule has 2 aromatic carbocycles. The minimum Gasteiger partial charge on any atom is -0.352 e. The second-order valence-electron chi connectivity index (χ2n) is 8.20. The van der Waals surface area contributed by atoms with Gasteiger partial charge in [-0.05, 0) is 49.9 Å². The van der Waals surface area contributed by atoms with E-state index in [0.29, 0.717) is 22.6 Å². The number of dihydropyridines is 1. The molecule has 0 saturated carbocycles. The number of rotatable bonds is 5. The van der Waals surface area contributed by atoms with Crippen LogP contribution in [0.4, 0.5) is 5.69 Å². The molecule has 2 aromatic rings. The lowest BCUT2D eigenvalue weighted by Crippen LogP contribution is -2.31. The fourth-order valence-electron chi connectivity index (χ4n) is 4.19. The number of benzene rings is 2. The normalized spacial score (nSPS) is 18.0. The van der Waals surface area contributed by atoms with Gasteiger partial charge in [-0.2, -0.15) is 5.26 Å².